The molecule has 0 aliphatic carbocycles. The van der Waals surface area contributed by atoms with Gasteiger partial charge in [-0.2, -0.15) is 0 Å². The van der Waals surface area contributed by atoms with Crippen LogP contribution in [0.15, 0.2) is 20.9 Å². The van der Waals surface area contributed by atoms with Gasteiger partial charge in [0.2, 0.25) is 0 Å². The molecule has 0 atom stereocenters. The summed E-state index contributed by atoms with van der Waals surface area (Å²) in [6, 6.07) is 0. The summed E-state index contributed by atoms with van der Waals surface area (Å²) in [5, 5.41) is 6.08. The minimum Gasteiger partial charge on any atom is -0.373 e. The highest BCUT2D eigenvalue weighted by Crippen LogP contribution is 2.33. The molecular formula is C12H16N4S2. The minimum atomic E-state index is 0.313. The van der Waals surface area contributed by atoms with E-state index in [1.807, 2.05) is 25.5 Å². The molecule has 0 saturated carbocycles. The fourth-order valence-electron chi connectivity index (χ4n) is 1.46. The molecule has 1 N–H and O–H groups in total. The molecule has 96 valence electrons. The van der Waals surface area contributed by atoms with Crippen LogP contribution in [0.5, 0.6) is 0 Å². The van der Waals surface area contributed by atoms with Gasteiger partial charge in [0, 0.05) is 30.1 Å². The molecule has 0 saturated heterocycles. The number of thiazole rings is 1. The summed E-state index contributed by atoms with van der Waals surface area (Å²) in [5.41, 5.74) is 1.07. The van der Waals surface area contributed by atoms with E-state index in [0.717, 1.165) is 26.6 Å². The van der Waals surface area contributed by atoms with Crippen LogP contribution in [-0.2, 0) is 0 Å². The molecule has 0 spiro atoms. The number of hydrogen-bond donors (Lipinski definition) is 1. The summed E-state index contributed by atoms with van der Waals surface area (Å²) in [6.07, 6.45) is 1.81. The molecular weight excluding hydrogens is 264 g/mol. The second-order valence-electron chi connectivity index (χ2n) is 4.17. The maximum Gasteiger partial charge on any atom is 0.156 e. The molecule has 2 rings (SSSR count). The normalized spacial score (nSPS) is 10.9. The van der Waals surface area contributed by atoms with E-state index in [1.54, 1.807) is 23.1 Å². The molecule has 0 aliphatic heterocycles. The van der Waals surface area contributed by atoms with Crippen LogP contribution < -0.4 is 5.32 Å². The average Bonchev–Trinajstić information content (AvgIpc) is 2.84. The van der Waals surface area contributed by atoms with Crippen LogP contribution in [0.3, 0.4) is 0 Å². The molecule has 0 aromatic carbocycles. The highest BCUT2D eigenvalue weighted by Gasteiger charge is 2.14. The van der Waals surface area contributed by atoms with Crippen molar-refractivity contribution < 1.29 is 0 Å². The van der Waals surface area contributed by atoms with Crippen molar-refractivity contribution in [3.8, 4) is 0 Å². The zero-order valence-electron chi connectivity index (χ0n) is 10.9. The summed E-state index contributed by atoms with van der Waals surface area (Å²) in [5.74, 6) is 2.07. The first-order valence-electron chi connectivity index (χ1n) is 5.75. The molecule has 0 amide bonds. The summed E-state index contributed by atoms with van der Waals surface area (Å²) >= 11 is 3.22. The maximum absolute atomic E-state index is 4.63. The van der Waals surface area contributed by atoms with Crippen molar-refractivity contribution in [1.29, 1.82) is 0 Å². The van der Waals surface area contributed by atoms with E-state index in [1.165, 1.54) is 0 Å². The second kappa shape index (κ2) is 5.67. The summed E-state index contributed by atoms with van der Waals surface area (Å²) < 4.78 is 1.01. The Kier molecular flexibility index (Phi) is 4.19. The Morgan fingerprint density at radius 3 is 2.67 bits per heavy atom. The van der Waals surface area contributed by atoms with Gasteiger partial charge in [-0.25, -0.2) is 15.0 Å². The van der Waals surface area contributed by atoms with Gasteiger partial charge in [0.1, 0.15) is 16.7 Å². The monoisotopic (exact) mass is 280 g/mol. The maximum atomic E-state index is 4.63. The summed E-state index contributed by atoms with van der Waals surface area (Å²) in [4.78, 5) is 13.4. The first-order valence-corrected chi connectivity index (χ1v) is 7.45. The van der Waals surface area contributed by atoms with Crippen molar-refractivity contribution in [2.45, 2.75) is 36.1 Å². The summed E-state index contributed by atoms with van der Waals surface area (Å²) in [7, 11) is 1.89. The standard InChI is InChI=1S/C12H16N4S2/c1-7(2)9-15-10(13-4)8(3)11(16-9)18-12-14-5-6-17-12/h5-7H,1-4H3,(H,13,15,16). The van der Waals surface area contributed by atoms with Gasteiger partial charge in [0.05, 0.1) is 0 Å². The van der Waals surface area contributed by atoms with Gasteiger partial charge in [-0.15, -0.1) is 11.3 Å². The lowest BCUT2D eigenvalue weighted by Gasteiger charge is -2.12. The molecule has 0 unspecified atom stereocenters. The van der Waals surface area contributed by atoms with Crippen LogP contribution >= 0.6 is 23.1 Å². The SMILES string of the molecule is CNc1nc(C(C)C)nc(Sc2nccs2)c1C. The van der Waals surface area contributed by atoms with E-state index in [4.69, 9.17) is 0 Å². The lowest BCUT2D eigenvalue weighted by atomic mass is 10.2. The van der Waals surface area contributed by atoms with Crippen LogP contribution in [0.25, 0.3) is 0 Å². The van der Waals surface area contributed by atoms with Crippen LogP contribution in [0.1, 0.15) is 31.2 Å². The molecule has 0 radical (unpaired) electrons. The largest absolute Gasteiger partial charge is 0.373 e. The minimum absolute atomic E-state index is 0.313. The quantitative estimate of drug-likeness (QED) is 0.868. The molecule has 2 aromatic rings. The Balaban J connectivity index is 2.41. The Morgan fingerprint density at radius 2 is 2.11 bits per heavy atom. The number of nitrogens with zero attached hydrogens (tertiary/aromatic N) is 3. The summed E-state index contributed by atoms with van der Waals surface area (Å²) in [6.45, 7) is 6.23. The van der Waals surface area contributed by atoms with Crippen LogP contribution in [0.2, 0.25) is 0 Å². The first-order chi connectivity index (χ1) is 8.61. The van der Waals surface area contributed by atoms with E-state index < -0.39 is 0 Å². The van der Waals surface area contributed by atoms with E-state index in [0.29, 0.717) is 5.92 Å². The molecule has 0 fully saturated rings. The van der Waals surface area contributed by atoms with Crippen LogP contribution in [0.4, 0.5) is 5.82 Å². The topological polar surface area (TPSA) is 50.7 Å². The smallest absolute Gasteiger partial charge is 0.156 e. The number of rotatable bonds is 4. The Hall–Kier alpha value is -1.14. The Labute approximate surface area is 115 Å². The predicted octanol–water partition coefficient (Wildman–Crippen LogP) is 3.56. The van der Waals surface area contributed by atoms with E-state index in [2.05, 4.69) is 34.1 Å². The average molecular weight is 280 g/mol. The molecule has 0 aliphatic rings. The molecule has 18 heavy (non-hydrogen) atoms. The zero-order valence-corrected chi connectivity index (χ0v) is 12.5. The van der Waals surface area contributed by atoms with Crippen molar-refractivity contribution in [2.75, 3.05) is 12.4 Å². The van der Waals surface area contributed by atoms with Gasteiger partial charge in [-0.1, -0.05) is 13.8 Å². The fourth-order valence-corrected chi connectivity index (χ4v) is 3.08. The number of hydrogen-bond acceptors (Lipinski definition) is 6. The van der Waals surface area contributed by atoms with Crippen LogP contribution in [0, 0.1) is 6.92 Å². The highest BCUT2D eigenvalue weighted by atomic mass is 32.2. The zero-order chi connectivity index (χ0) is 13.1. The van der Waals surface area contributed by atoms with Gasteiger partial charge < -0.3 is 5.32 Å². The molecule has 4 nitrogen and oxygen atoms in total. The van der Waals surface area contributed by atoms with Crippen LogP contribution in [-0.4, -0.2) is 22.0 Å². The van der Waals surface area contributed by atoms with Crippen molar-refractivity contribution in [1.82, 2.24) is 15.0 Å². The predicted molar refractivity (Wildman–Crippen MR) is 76.6 cm³/mol. The van der Waals surface area contributed by atoms with Gasteiger partial charge in [0.25, 0.3) is 0 Å². The van der Waals surface area contributed by atoms with E-state index in [-0.39, 0.29) is 0 Å². The number of nitrogens with one attached hydrogen (secondary N) is 1. The van der Waals surface area contributed by atoms with Crippen molar-refractivity contribution in [3.05, 3.63) is 23.0 Å². The first kappa shape index (κ1) is 13.3. The number of anilines is 1. The van der Waals surface area contributed by atoms with Crippen molar-refractivity contribution >= 4 is 28.9 Å². The van der Waals surface area contributed by atoms with Crippen molar-refractivity contribution in [3.63, 3.8) is 0 Å². The van der Waals surface area contributed by atoms with Gasteiger partial charge in [0.15, 0.2) is 4.34 Å². The third kappa shape index (κ3) is 2.81. The van der Waals surface area contributed by atoms with Gasteiger partial charge >= 0.3 is 0 Å². The van der Waals surface area contributed by atoms with Gasteiger partial charge in [-0.05, 0) is 18.7 Å². The molecule has 2 heterocycles. The molecule has 6 heteroatoms. The molecule has 2 aromatic heterocycles. The Bertz CT molecular complexity index is 523. The second-order valence-corrected chi connectivity index (χ2v) is 6.30. The fraction of sp³-hybridized carbons (Fsp3) is 0.417. The highest BCUT2D eigenvalue weighted by molar-refractivity contribution is 8.01. The lowest BCUT2D eigenvalue weighted by molar-refractivity contribution is 0.749. The molecule has 0 bridgehead atoms. The van der Waals surface area contributed by atoms with E-state index in [9.17, 15) is 0 Å². The van der Waals surface area contributed by atoms with Gasteiger partial charge in [-0.3, -0.25) is 0 Å². The van der Waals surface area contributed by atoms with E-state index >= 15 is 0 Å². The number of aromatic nitrogens is 3. The Morgan fingerprint density at radius 1 is 1.33 bits per heavy atom. The lowest BCUT2D eigenvalue weighted by Crippen LogP contribution is -2.06. The third-order valence-corrected chi connectivity index (χ3v) is 4.44. The van der Waals surface area contributed by atoms with Crippen molar-refractivity contribution in [2.24, 2.45) is 0 Å². The third-order valence-electron chi connectivity index (χ3n) is 2.47.